The van der Waals surface area contributed by atoms with Crippen molar-refractivity contribution in [3.63, 3.8) is 0 Å². The minimum Gasteiger partial charge on any atom is -0.466 e. The van der Waals surface area contributed by atoms with Crippen LogP contribution in [0.25, 0.3) is 0 Å². The molecule has 0 aromatic carbocycles. The highest BCUT2D eigenvalue weighted by molar-refractivity contribution is 6.29. The van der Waals surface area contributed by atoms with E-state index in [0.29, 0.717) is 0 Å². The molecule has 2 heterocycles. The van der Waals surface area contributed by atoms with Gasteiger partial charge in [-0.15, -0.1) is 5.10 Å². The summed E-state index contributed by atoms with van der Waals surface area (Å²) in [4.78, 5) is 23.0. The van der Waals surface area contributed by atoms with Crippen molar-refractivity contribution in [1.82, 2.24) is 25.1 Å². The number of halogens is 1. The van der Waals surface area contributed by atoms with Gasteiger partial charge in [-0.1, -0.05) is 11.6 Å². The predicted molar refractivity (Wildman–Crippen MR) is 57.9 cm³/mol. The Bertz CT molecular complexity index is 542. The minimum atomic E-state index is -0.501. The SMILES string of the molecule is COc1n[nH]c(NC(=O)c2cncc(Cl)n2)n1. The smallest absolute Gasteiger partial charge is 0.336 e. The number of H-pyrrole nitrogens is 1. The molecule has 0 atom stereocenters. The van der Waals surface area contributed by atoms with Crippen molar-refractivity contribution in [3.8, 4) is 6.01 Å². The first kappa shape index (κ1) is 11.3. The van der Waals surface area contributed by atoms with E-state index < -0.39 is 5.91 Å². The molecule has 0 saturated carbocycles. The zero-order chi connectivity index (χ0) is 12.3. The van der Waals surface area contributed by atoms with E-state index in [1.165, 1.54) is 19.5 Å². The number of hydrogen-bond donors (Lipinski definition) is 2. The fraction of sp³-hybridized carbons (Fsp3) is 0.125. The van der Waals surface area contributed by atoms with Gasteiger partial charge >= 0.3 is 6.01 Å². The number of anilines is 1. The van der Waals surface area contributed by atoms with E-state index in [-0.39, 0.29) is 22.8 Å². The Balaban J connectivity index is 2.11. The molecule has 2 aromatic rings. The molecule has 0 spiro atoms. The van der Waals surface area contributed by atoms with Gasteiger partial charge in [0.05, 0.1) is 19.5 Å². The number of ether oxygens (including phenoxy) is 1. The standard InChI is InChI=1S/C8H7ClN6O2/c1-17-8-13-7(14-15-8)12-6(16)4-2-10-3-5(9)11-4/h2-3H,1H3,(H2,12,13,14,15,16). The molecule has 0 aliphatic rings. The first-order valence-electron chi connectivity index (χ1n) is 4.44. The number of hydrogen-bond acceptors (Lipinski definition) is 6. The minimum absolute atomic E-state index is 0.0767. The van der Waals surface area contributed by atoms with E-state index in [2.05, 4.69) is 30.5 Å². The van der Waals surface area contributed by atoms with Crippen LogP contribution in [0.1, 0.15) is 10.5 Å². The van der Waals surface area contributed by atoms with Crippen LogP contribution in [0.15, 0.2) is 12.4 Å². The summed E-state index contributed by atoms with van der Waals surface area (Å²) < 4.78 is 4.75. The number of aromatic amines is 1. The Morgan fingerprint density at radius 1 is 1.47 bits per heavy atom. The molecule has 0 fully saturated rings. The molecule has 1 amide bonds. The molecule has 0 aliphatic carbocycles. The highest BCUT2D eigenvalue weighted by atomic mass is 35.5. The van der Waals surface area contributed by atoms with E-state index in [1.807, 2.05) is 0 Å². The Morgan fingerprint density at radius 3 is 2.94 bits per heavy atom. The molecule has 2 aromatic heterocycles. The third kappa shape index (κ3) is 2.67. The summed E-state index contributed by atoms with van der Waals surface area (Å²) in [5.41, 5.74) is 0.0767. The highest BCUT2D eigenvalue weighted by Crippen LogP contribution is 2.07. The number of carbonyl (C=O) groups excluding carboxylic acids is 1. The van der Waals surface area contributed by atoms with Crippen molar-refractivity contribution in [2.24, 2.45) is 0 Å². The predicted octanol–water partition coefficient (Wildman–Crippen LogP) is 0.509. The van der Waals surface area contributed by atoms with Gasteiger partial charge in [0.25, 0.3) is 5.91 Å². The first-order valence-corrected chi connectivity index (χ1v) is 4.82. The van der Waals surface area contributed by atoms with E-state index in [9.17, 15) is 4.79 Å². The maximum atomic E-state index is 11.7. The van der Waals surface area contributed by atoms with Crippen LogP contribution >= 0.6 is 11.6 Å². The molecule has 2 N–H and O–H groups in total. The van der Waals surface area contributed by atoms with E-state index >= 15 is 0 Å². The van der Waals surface area contributed by atoms with E-state index in [0.717, 1.165) is 0 Å². The highest BCUT2D eigenvalue weighted by Gasteiger charge is 2.11. The second kappa shape index (κ2) is 4.74. The van der Waals surface area contributed by atoms with Crippen LogP contribution in [0, 0.1) is 0 Å². The van der Waals surface area contributed by atoms with Crippen LogP contribution in [-0.2, 0) is 0 Å². The van der Waals surface area contributed by atoms with Gasteiger partial charge in [-0.25, -0.2) is 10.1 Å². The largest absolute Gasteiger partial charge is 0.466 e. The van der Waals surface area contributed by atoms with Gasteiger partial charge in [0.1, 0.15) is 10.8 Å². The Morgan fingerprint density at radius 2 is 2.29 bits per heavy atom. The van der Waals surface area contributed by atoms with Crippen molar-refractivity contribution >= 4 is 23.5 Å². The van der Waals surface area contributed by atoms with Crippen molar-refractivity contribution in [3.05, 3.63) is 23.2 Å². The Hall–Kier alpha value is -2.22. The average molecular weight is 255 g/mol. The third-order valence-electron chi connectivity index (χ3n) is 1.72. The van der Waals surface area contributed by atoms with Crippen LogP contribution in [-0.4, -0.2) is 38.2 Å². The van der Waals surface area contributed by atoms with Crippen LogP contribution < -0.4 is 10.1 Å². The third-order valence-corrected chi connectivity index (χ3v) is 1.90. The Kier molecular flexibility index (Phi) is 3.15. The van der Waals surface area contributed by atoms with E-state index in [4.69, 9.17) is 16.3 Å². The molecule has 8 nitrogen and oxygen atoms in total. The van der Waals surface area contributed by atoms with Crippen LogP contribution in [0.5, 0.6) is 6.01 Å². The average Bonchev–Trinajstić information content (AvgIpc) is 2.77. The van der Waals surface area contributed by atoms with Crippen molar-refractivity contribution in [1.29, 1.82) is 0 Å². The van der Waals surface area contributed by atoms with Gasteiger partial charge in [-0.05, 0) is 0 Å². The molecular formula is C8H7ClN6O2. The van der Waals surface area contributed by atoms with Gasteiger partial charge in [-0.2, -0.15) is 4.98 Å². The number of nitrogens with one attached hydrogen (secondary N) is 2. The fourth-order valence-corrected chi connectivity index (χ4v) is 1.16. The maximum absolute atomic E-state index is 11.7. The van der Waals surface area contributed by atoms with Crippen LogP contribution in [0.4, 0.5) is 5.95 Å². The quantitative estimate of drug-likeness (QED) is 0.827. The number of carbonyl (C=O) groups is 1. The second-order valence-corrected chi connectivity index (χ2v) is 3.24. The molecular weight excluding hydrogens is 248 g/mol. The number of methoxy groups -OCH3 is 1. The number of aromatic nitrogens is 5. The van der Waals surface area contributed by atoms with Crippen molar-refractivity contribution in [2.45, 2.75) is 0 Å². The van der Waals surface area contributed by atoms with Crippen molar-refractivity contribution in [2.75, 3.05) is 12.4 Å². The lowest BCUT2D eigenvalue weighted by molar-refractivity contribution is 0.102. The van der Waals surface area contributed by atoms with Crippen LogP contribution in [0.3, 0.4) is 0 Å². The summed E-state index contributed by atoms with van der Waals surface area (Å²) in [5.74, 6) is -0.354. The lowest BCUT2D eigenvalue weighted by atomic mass is 10.4. The number of amides is 1. The molecule has 0 radical (unpaired) electrons. The molecule has 0 aliphatic heterocycles. The normalized spacial score (nSPS) is 10.0. The monoisotopic (exact) mass is 254 g/mol. The molecule has 2 rings (SSSR count). The van der Waals surface area contributed by atoms with Gasteiger partial charge in [-0.3, -0.25) is 15.1 Å². The van der Waals surface area contributed by atoms with Crippen LogP contribution in [0.2, 0.25) is 5.15 Å². The van der Waals surface area contributed by atoms with Gasteiger partial charge < -0.3 is 4.74 Å². The molecule has 17 heavy (non-hydrogen) atoms. The molecule has 9 heteroatoms. The fourth-order valence-electron chi connectivity index (χ4n) is 1.02. The number of rotatable bonds is 3. The summed E-state index contributed by atoms with van der Waals surface area (Å²) in [6.07, 6.45) is 2.62. The molecule has 0 unspecified atom stereocenters. The summed E-state index contributed by atoms with van der Waals surface area (Å²) in [5, 5.41) is 8.70. The van der Waals surface area contributed by atoms with Gasteiger partial charge in [0.15, 0.2) is 0 Å². The summed E-state index contributed by atoms with van der Waals surface area (Å²) in [6.45, 7) is 0. The van der Waals surface area contributed by atoms with Gasteiger partial charge in [0, 0.05) is 0 Å². The lowest BCUT2D eigenvalue weighted by Gasteiger charge is -1.99. The molecule has 88 valence electrons. The molecule has 0 saturated heterocycles. The zero-order valence-electron chi connectivity index (χ0n) is 8.64. The van der Waals surface area contributed by atoms with E-state index in [1.54, 1.807) is 0 Å². The summed E-state index contributed by atoms with van der Waals surface area (Å²) >= 11 is 5.61. The maximum Gasteiger partial charge on any atom is 0.336 e. The summed E-state index contributed by atoms with van der Waals surface area (Å²) in [7, 11) is 1.41. The second-order valence-electron chi connectivity index (χ2n) is 2.85. The Labute approximate surface area is 100 Å². The number of nitrogens with zero attached hydrogens (tertiary/aromatic N) is 4. The first-order chi connectivity index (χ1) is 8.19. The van der Waals surface area contributed by atoms with Gasteiger partial charge in [0.2, 0.25) is 5.95 Å². The summed E-state index contributed by atoms with van der Waals surface area (Å²) in [6, 6.07) is 0.123. The zero-order valence-corrected chi connectivity index (χ0v) is 9.39. The van der Waals surface area contributed by atoms with Crippen molar-refractivity contribution < 1.29 is 9.53 Å². The lowest BCUT2D eigenvalue weighted by Crippen LogP contribution is -2.15. The molecule has 0 bridgehead atoms. The topological polar surface area (TPSA) is 106 Å².